The Balaban J connectivity index is 1.69. The fourth-order valence-corrected chi connectivity index (χ4v) is 4.54. The van der Waals surface area contributed by atoms with Gasteiger partial charge in [0, 0.05) is 31.1 Å². The fourth-order valence-electron chi connectivity index (χ4n) is 4.33. The van der Waals surface area contributed by atoms with Crippen LogP contribution in [0.5, 0.6) is 5.75 Å². The van der Waals surface area contributed by atoms with Crippen molar-refractivity contribution in [2.45, 2.75) is 58.2 Å². The van der Waals surface area contributed by atoms with Crippen LogP contribution in [0.25, 0.3) is 0 Å². The number of hydrogen-bond acceptors (Lipinski definition) is 5. The summed E-state index contributed by atoms with van der Waals surface area (Å²) in [4.78, 5) is 26.9. The molecule has 7 nitrogen and oxygen atoms in total. The van der Waals surface area contributed by atoms with Gasteiger partial charge in [-0.05, 0) is 37.8 Å². The number of carbonyl (C=O) groups excluding carboxylic acids is 2. The van der Waals surface area contributed by atoms with Crippen LogP contribution in [0.2, 0.25) is 5.02 Å². The summed E-state index contributed by atoms with van der Waals surface area (Å²) in [6, 6.07) is 3.85. The second-order valence-electron chi connectivity index (χ2n) is 8.62. The highest BCUT2D eigenvalue weighted by molar-refractivity contribution is 6.34. The predicted molar refractivity (Wildman–Crippen MR) is 117 cm³/mol. The maximum absolute atomic E-state index is 13.0. The Kier molecular flexibility index (Phi) is 7.60. The van der Waals surface area contributed by atoms with Crippen molar-refractivity contribution < 1.29 is 19.1 Å². The monoisotopic (exact) mass is 437 g/mol. The van der Waals surface area contributed by atoms with Gasteiger partial charge >= 0.3 is 0 Å². The van der Waals surface area contributed by atoms with Crippen LogP contribution < -0.4 is 15.4 Å². The maximum atomic E-state index is 13.0. The number of methoxy groups -OCH3 is 1. The Bertz CT molecular complexity index is 772. The molecule has 0 aliphatic carbocycles. The van der Waals surface area contributed by atoms with Gasteiger partial charge in [0.05, 0.1) is 36.6 Å². The topological polar surface area (TPSA) is 79.9 Å². The first-order valence-electron chi connectivity index (χ1n) is 10.6. The molecular formula is C22H32ClN3O4. The zero-order valence-electron chi connectivity index (χ0n) is 18.2. The number of nitrogens with one attached hydrogen (secondary N) is 2. The van der Waals surface area contributed by atoms with Gasteiger partial charge < -0.3 is 20.1 Å². The largest absolute Gasteiger partial charge is 0.496 e. The number of fused-ring (bicyclic) bond motifs is 2. The van der Waals surface area contributed by atoms with Crippen molar-refractivity contribution in [1.82, 2.24) is 10.2 Å². The van der Waals surface area contributed by atoms with Crippen LogP contribution in [0.15, 0.2) is 12.1 Å². The van der Waals surface area contributed by atoms with Crippen molar-refractivity contribution in [1.29, 1.82) is 0 Å². The van der Waals surface area contributed by atoms with E-state index in [-0.39, 0.29) is 17.9 Å². The molecule has 2 atom stereocenters. The smallest absolute Gasteiger partial charge is 0.255 e. The molecular weight excluding hydrogens is 406 g/mol. The van der Waals surface area contributed by atoms with Gasteiger partial charge in [0.15, 0.2) is 0 Å². The number of nitrogens with zero attached hydrogens (tertiary/aromatic N) is 1. The lowest BCUT2D eigenvalue weighted by Gasteiger charge is -2.48. The predicted octanol–water partition coefficient (Wildman–Crippen LogP) is 3.31. The van der Waals surface area contributed by atoms with Gasteiger partial charge in [-0.3, -0.25) is 14.5 Å². The number of halogens is 1. The number of benzene rings is 1. The van der Waals surface area contributed by atoms with E-state index in [0.717, 1.165) is 19.4 Å². The molecule has 0 aromatic heterocycles. The van der Waals surface area contributed by atoms with E-state index in [9.17, 15) is 9.59 Å². The summed E-state index contributed by atoms with van der Waals surface area (Å²) in [6.07, 6.45) is 2.89. The molecule has 2 unspecified atom stereocenters. The van der Waals surface area contributed by atoms with E-state index < -0.39 is 0 Å². The van der Waals surface area contributed by atoms with Gasteiger partial charge in [-0.1, -0.05) is 25.4 Å². The highest BCUT2D eigenvalue weighted by atomic mass is 35.5. The van der Waals surface area contributed by atoms with Crippen LogP contribution >= 0.6 is 11.6 Å². The summed E-state index contributed by atoms with van der Waals surface area (Å²) in [7, 11) is 1.49. The molecule has 2 amide bonds. The Labute approximate surface area is 183 Å². The van der Waals surface area contributed by atoms with E-state index in [4.69, 9.17) is 21.1 Å². The molecule has 2 bridgehead atoms. The van der Waals surface area contributed by atoms with Crippen LogP contribution in [0.3, 0.4) is 0 Å². The van der Waals surface area contributed by atoms with Crippen LogP contribution in [-0.4, -0.2) is 61.7 Å². The Morgan fingerprint density at radius 2 is 1.93 bits per heavy atom. The molecule has 2 fully saturated rings. The lowest BCUT2D eigenvalue weighted by Crippen LogP contribution is -2.60. The van der Waals surface area contributed by atoms with E-state index in [1.807, 2.05) is 0 Å². The molecule has 3 rings (SSSR count). The number of ether oxygens (including phenoxy) is 2. The van der Waals surface area contributed by atoms with Gasteiger partial charge in [-0.25, -0.2) is 0 Å². The van der Waals surface area contributed by atoms with Crippen molar-refractivity contribution >= 4 is 29.1 Å². The molecule has 1 aromatic rings. The highest BCUT2D eigenvalue weighted by Crippen LogP contribution is 2.32. The first kappa shape index (κ1) is 22.8. The van der Waals surface area contributed by atoms with Crippen molar-refractivity contribution in [3.63, 3.8) is 0 Å². The number of morpholine rings is 1. The minimum atomic E-state index is -0.242. The summed E-state index contributed by atoms with van der Waals surface area (Å²) < 4.78 is 11.2. The molecule has 2 aliphatic rings. The first-order valence-corrected chi connectivity index (χ1v) is 11.0. The molecule has 2 saturated heterocycles. The van der Waals surface area contributed by atoms with Gasteiger partial charge in [0.25, 0.3) is 5.91 Å². The summed E-state index contributed by atoms with van der Waals surface area (Å²) in [5.41, 5.74) is 0.781. The van der Waals surface area contributed by atoms with Crippen LogP contribution in [0, 0.1) is 5.92 Å². The lowest BCUT2D eigenvalue weighted by molar-refractivity contribution is -0.114. The van der Waals surface area contributed by atoms with Crippen LogP contribution in [0.1, 0.15) is 50.4 Å². The SMILES string of the molecule is COc1cc(NC(C)=O)c(Cl)cc1C(=O)NC1CC2COCC(C1)N2CCC(C)C. The molecule has 2 aliphatic heterocycles. The Morgan fingerprint density at radius 1 is 1.27 bits per heavy atom. The second-order valence-corrected chi connectivity index (χ2v) is 9.03. The number of amides is 2. The van der Waals surface area contributed by atoms with Crippen molar-refractivity contribution in [2.75, 3.05) is 32.2 Å². The third kappa shape index (κ3) is 5.45. The van der Waals surface area contributed by atoms with Crippen LogP contribution in [0.4, 0.5) is 5.69 Å². The molecule has 0 spiro atoms. The normalized spacial score (nSPS) is 23.9. The van der Waals surface area contributed by atoms with Gasteiger partial charge in [-0.15, -0.1) is 0 Å². The molecule has 8 heteroatoms. The van der Waals surface area contributed by atoms with Crippen molar-refractivity contribution in [2.24, 2.45) is 5.92 Å². The van der Waals surface area contributed by atoms with E-state index in [1.54, 1.807) is 12.1 Å². The van der Waals surface area contributed by atoms with Gasteiger partial charge in [0.2, 0.25) is 5.91 Å². The summed E-state index contributed by atoms with van der Waals surface area (Å²) in [6.45, 7) is 8.38. The number of piperidine rings is 1. The van der Waals surface area contributed by atoms with E-state index in [1.165, 1.54) is 20.5 Å². The second kappa shape index (κ2) is 9.98. The average Bonchev–Trinajstić information content (AvgIpc) is 2.66. The third-order valence-corrected chi connectivity index (χ3v) is 6.13. The third-order valence-electron chi connectivity index (χ3n) is 5.82. The van der Waals surface area contributed by atoms with E-state index in [2.05, 4.69) is 29.4 Å². The maximum Gasteiger partial charge on any atom is 0.255 e. The molecule has 1 aromatic carbocycles. The van der Waals surface area contributed by atoms with Crippen molar-refractivity contribution in [3.05, 3.63) is 22.7 Å². The average molecular weight is 438 g/mol. The standard InChI is InChI=1S/C22H32ClN3O4/c1-13(2)5-6-26-16-7-15(8-17(26)12-30-11-16)25-22(28)18-9-19(23)20(24-14(3)27)10-21(18)29-4/h9-10,13,15-17H,5-8,11-12H2,1-4H3,(H,24,27)(H,25,28). The zero-order chi connectivity index (χ0) is 21.8. The van der Waals surface area contributed by atoms with E-state index in [0.29, 0.717) is 53.2 Å². The molecule has 2 N–H and O–H groups in total. The fraction of sp³-hybridized carbons (Fsp3) is 0.636. The molecule has 2 heterocycles. The number of rotatable bonds is 7. The summed E-state index contributed by atoms with van der Waals surface area (Å²) in [5, 5.41) is 6.11. The molecule has 30 heavy (non-hydrogen) atoms. The Morgan fingerprint density at radius 3 is 2.50 bits per heavy atom. The highest BCUT2D eigenvalue weighted by Gasteiger charge is 2.39. The van der Waals surface area contributed by atoms with Gasteiger partial charge in [0.1, 0.15) is 5.75 Å². The number of carbonyl (C=O) groups is 2. The van der Waals surface area contributed by atoms with Gasteiger partial charge in [-0.2, -0.15) is 0 Å². The summed E-state index contributed by atoms with van der Waals surface area (Å²) >= 11 is 6.27. The quantitative estimate of drug-likeness (QED) is 0.684. The zero-order valence-corrected chi connectivity index (χ0v) is 18.9. The number of anilines is 1. The number of hydrogen-bond donors (Lipinski definition) is 2. The van der Waals surface area contributed by atoms with E-state index >= 15 is 0 Å². The first-order chi connectivity index (χ1) is 14.3. The minimum absolute atomic E-state index is 0.0743. The minimum Gasteiger partial charge on any atom is -0.496 e. The molecule has 0 saturated carbocycles. The molecule has 166 valence electrons. The lowest BCUT2D eigenvalue weighted by atomic mass is 9.89. The Hall–Kier alpha value is -1.83. The summed E-state index contributed by atoms with van der Waals surface area (Å²) in [5.74, 6) is 0.581. The van der Waals surface area contributed by atoms with Crippen molar-refractivity contribution in [3.8, 4) is 5.75 Å². The van der Waals surface area contributed by atoms with Crippen LogP contribution in [-0.2, 0) is 9.53 Å². The molecule has 0 radical (unpaired) electrons.